The van der Waals surface area contributed by atoms with E-state index in [9.17, 15) is 4.79 Å². The third-order valence-electron chi connectivity index (χ3n) is 5.50. The van der Waals surface area contributed by atoms with Crippen LogP contribution in [-0.4, -0.2) is 36.4 Å². The van der Waals surface area contributed by atoms with Crippen molar-refractivity contribution >= 4 is 35.8 Å². The van der Waals surface area contributed by atoms with Crippen LogP contribution in [0.25, 0.3) is 0 Å². The van der Waals surface area contributed by atoms with Gasteiger partial charge in [-0.3, -0.25) is 9.79 Å². The molecule has 6 heteroatoms. The number of nitrogens with one attached hydrogen (secondary N) is 2. The van der Waals surface area contributed by atoms with Gasteiger partial charge in [0.1, 0.15) is 0 Å². The molecule has 0 bridgehead atoms. The number of carbonyl (C=O) groups is 1. The minimum Gasteiger partial charge on any atom is -0.354 e. The molecule has 1 aromatic carbocycles. The molecule has 0 spiro atoms. The molecule has 2 unspecified atom stereocenters. The molecule has 2 aliphatic rings. The van der Waals surface area contributed by atoms with Gasteiger partial charge >= 0.3 is 0 Å². The fourth-order valence-electron chi connectivity index (χ4n) is 4.07. The van der Waals surface area contributed by atoms with E-state index in [0.717, 1.165) is 37.9 Å². The van der Waals surface area contributed by atoms with Gasteiger partial charge in [0.15, 0.2) is 5.96 Å². The molecule has 3 rings (SSSR count). The SMILES string of the molecule is CN=C(NCc1cccc(CN2CCCC2=O)c1)NC1CCCC(C)C1.I. The van der Waals surface area contributed by atoms with Gasteiger partial charge in [-0.1, -0.05) is 44.0 Å². The van der Waals surface area contributed by atoms with Gasteiger partial charge in [0.05, 0.1) is 0 Å². The number of likely N-dealkylation sites (tertiary alicyclic amines) is 1. The first kappa shape index (κ1) is 22.0. The Kier molecular flexibility index (Phi) is 8.86. The molecule has 1 aromatic rings. The van der Waals surface area contributed by atoms with Crippen molar-refractivity contribution in [3.05, 3.63) is 35.4 Å². The van der Waals surface area contributed by atoms with Crippen LogP contribution >= 0.6 is 24.0 Å². The van der Waals surface area contributed by atoms with Crippen molar-refractivity contribution in [1.82, 2.24) is 15.5 Å². The van der Waals surface area contributed by atoms with Crippen LogP contribution in [0.3, 0.4) is 0 Å². The summed E-state index contributed by atoms with van der Waals surface area (Å²) in [5.41, 5.74) is 2.41. The molecule has 1 saturated carbocycles. The van der Waals surface area contributed by atoms with E-state index in [4.69, 9.17) is 0 Å². The lowest BCUT2D eigenvalue weighted by atomic mass is 9.87. The lowest BCUT2D eigenvalue weighted by molar-refractivity contribution is -0.128. The molecule has 1 heterocycles. The number of hydrogen-bond donors (Lipinski definition) is 2. The zero-order chi connectivity index (χ0) is 18.4. The zero-order valence-corrected chi connectivity index (χ0v) is 18.9. The monoisotopic (exact) mass is 484 g/mol. The molecule has 1 saturated heterocycles. The number of carbonyl (C=O) groups excluding carboxylic acids is 1. The molecule has 0 radical (unpaired) electrons. The summed E-state index contributed by atoms with van der Waals surface area (Å²) < 4.78 is 0. The normalized spacial score (nSPS) is 23.1. The Hall–Kier alpha value is -1.31. The molecular formula is C21H33IN4O. The molecule has 150 valence electrons. The van der Waals surface area contributed by atoms with Crippen LogP contribution in [0.15, 0.2) is 29.3 Å². The first-order chi connectivity index (χ1) is 12.6. The summed E-state index contributed by atoms with van der Waals surface area (Å²) in [6.07, 6.45) is 6.78. The number of guanidine groups is 1. The van der Waals surface area contributed by atoms with Crippen molar-refractivity contribution in [1.29, 1.82) is 0 Å². The van der Waals surface area contributed by atoms with Gasteiger partial charge in [-0.15, -0.1) is 24.0 Å². The van der Waals surface area contributed by atoms with Crippen molar-refractivity contribution < 1.29 is 4.79 Å². The second-order valence-electron chi connectivity index (χ2n) is 7.78. The van der Waals surface area contributed by atoms with Crippen molar-refractivity contribution in [2.45, 2.75) is 64.6 Å². The van der Waals surface area contributed by atoms with Gasteiger partial charge in [-0.2, -0.15) is 0 Å². The van der Waals surface area contributed by atoms with E-state index in [0.29, 0.717) is 12.5 Å². The van der Waals surface area contributed by atoms with Crippen molar-refractivity contribution in [3.8, 4) is 0 Å². The second-order valence-corrected chi connectivity index (χ2v) is 7.78. The Morgan fingerprint density at radius 1 is 1.26 bits per heavy atom. The van der Waals surface area contributed by atoms with Crippen LogP contribution in [0.1, 0.15) is 56.6 Å². The lowest BCUT2D eigenvalue weighted by Crippen LogP contribution is -2.44. The Morgan fingerprint density at radius 2 is 2.07 bits per heavy atom. The van der Waals surface area contributed by atoms with Crippen LogP contribution in [-0.2, 0) is 17.9 Å². The van der Waals surface area contributed by atoms with E-state index in [2.05, 4.69) is 46.8 Å². The number of hydrogen-bond acceptors (Lipinski definition) is 2. The average molecular weight is 484 g/mol. The van der Waals surface area contributed by atoms with Crippen molar-refractivity contribution in [3.63, 3.8) is 0 Å². The van der Waals surface area contributed by atoms with Gasteiger partial charge in [0, 0.05) is 39.1 Å². The summed E-state index contributed by atoms with van der Waals surface area (Å²) in [5, 5.41) is 7.01. The third kappa shape index (κ3) is 6.66. The molecular weight excluding hydrogens is 451 g/mol. The number of benzene rings is 1. The van der Waals surface area contributed by atoms with E-state index in [-0.39, 0.29) is 29.9 Å². The van der Waals surface area contributed by atoms with Crippen molar-refractivity contribution in [2.75, 3.05) is 13.6 Å². The maximum absolute atomic E-state index is 11.8. The van der Waals surface area contributed by atoms with Gasteiger partial charge in [-0.25, -0.2) is 0 Å². The van der Waals surface area contributed by atoms with E-state index < -0.39 is 0 Å². The first-order valence-corrected chi connectivity index (χ1v) is 9.97. The fourth-order valence-corrected chi connectivity index (χ4v) is 4.07. The Balaban J connectivity index is 0.00000261. The highest BCUT2D eigenvalue weighted by Crippen LogP contribution is 2.23. The van der Waals surface area contributed by atoms with Crippen LogP contribution in [0.5, 0.6) is 0 Å². The standard InChI is InChI=1S/C21H32N4O.HI/c1-16-6-3-9-19(12-16)24-21(22-2)23-14-17-7-4-8-18(13-17)15-25-11-5-10-20(25)26;/h4,7-8,13,16,19H,3,5-6,9-12,14-15H2,1-2H3,(H2,22,23,24);1H. The van der Waals surface area contributed by atoms with Crippen molar-refractivity contribution in [2.24, 2.45) is 10.9 Å². The predicted octanol–water partition coefficient (Wildman–Crippen LogP) is 3.67. The van der Waals surface area contributed by atoms with Gasteiger partial charge in [-0.05, 0) is 36.3 Å². The Bertz CT molecular complexity index is 649. The average Bonchev–Trinajstić information content (AvgIpc) is 3.04. The number of rotatable bonds is 5. The quantitative estimate of drug-likeness (QED) is 0.381. The number of halogens is 1. The summed E-state index contributed by atoms with van der Waals surface area (Å²) in [5.74, 6) is 1.95. The topological polar surface area (TPSA) is 56.7 Å². The third-order valence-corrected chi connectivity index (χ3v) is 5.50. The minimum atomic E-state index is 0. The number of amides is 1. The maximum Gasteiger partial charge on any atom is 0.222 e. The molecule has 2 N–H and O–H groups in total. The first-order valence-electron chi connectivity index (χ1n) is 9.97. The van der Waals surface area contributed by atoms with E-state index in [1.54, 1.807) is 0 Å². The molecule has 5 nitrogen and oxygen atoms in total. The molecule has 2 fully saturated rings. The lowest BCUT2D eigenvalue weighted by Gasteiger charge is -2.28. The van der Waals surface area contributed by atoms with E-state index in [1.807, 2.05) is 11.9 Å². The highest BCUT2D eigenvalue weighted by Gasteiger charge is 2.20. The second kappa shape index (κ2) is 10.9. The minimum absolute atomic E-state index is 0. The van der Waals surface area contributed by atoms with Gasteiger partial charge in [0.2, 0.25) is 5.91 Å². The maximum atomic E-state index is 11.8. The van der Waals surface area contributed by atoms with Crippen LogP contribution in [0.2, 0.25) is 0 Å². The van der Waals surface area contributed by atoms with Crippen LogP contribution in [0.4, 0.5) is 0 Å². The summed E-state index contributed by atoms with van der Waals surface area (Å²) in [7, 11) is 1.83. The highest BCUT2D eigenvalue weighted by atomic mass is 127. The number of aliphatic imine (C=N–C) groups is 1. The Labute approximate surface area is 180 Å². The molecule has 1 aliphatic carbocycles. The number of nitrogens with zero attached hydrogens (tertiary/aromatic N) is 2. The molecule has 27 heavy (non-hydrogen) atoms. The summed E-state index contributed by atoms with van der Waals surface area (Å²) in [4.78, 5) is 18.2. The molecule has 0 aromatic heterocycles. The van der Waals surface area contributed by atoms with Gasteiger partial charge in [0.25, 0.3) is 0 Å². The van der Waals surface area contributed by atoms with E-state index >= 15 is 0 Å². The predicted molar refractivity (Wildman–Crippen MR) is 121 cm³/mol. The van der Waals surface area contributed by atoms with Gasteiger partial charge < -0.3 is 15.5 Å². The fraction of sp³-hybridized carbons (Fsp3) is 0.619. The Morgan fingerprint density at radius 3 is 2.78 bits per heavy atom. The summed E-state index contributed by atoms with van der Waals surface area (Å²) >= 11 is 0. The molecule has 1 amide bonds. The van der Waals surface area contributed by atoms with E-state index in [1.165, 1.54) is 36.8 Å². The largest absolute Gasteiger partial charge is 0.354 e. The van der Waals surface area contributed by atoms with Crippen LogP contribution in [0, 0.1) is 5.92 Å². The molecule has 1 aliphatic heterocycles. The highest BCUT2D eigenvalue weighted by molar-refractivity contribution is 14.0. The zero-order valence-electron chi connectivity index (χ0n) is 16.5. The van der Waals surface area contributed by atoms with Crippen LogP contribution < -0.4 is 10.6 Å². The summed E-state index contributed by atoms with van der Waals surface area (Å²) in [6.45, 7) is 4.68. The smallest absolute Gasteiger partial charge is 0.222 e. The summed E-state index contributed by atoms with van der Waals surface area (Å²) in [6, 6.07) is 9.02. The molecule has 2 atom stereocenters.